The number of carbonyl (C=O) groups excluding carboxylic acids is 1. The van der Waals surface area contributed by atoms with Gasteiger partial charge in [-0.2, -0.15) is 0 Å². The first-order valence-corrected chi connectivity index (χ1v) is 8.27. The van der Waals surface area contributed by atoms with Gasteiger partial charge in [-0.1, -0.05) is 6.07 Å². The summed E-state index contributed by atoms with van der Waals surface area (Å²) in [6.45, 7) is 1.39. The maximum Gasteiger partial charge on any atom is 0.248 e. The molecule has 5 heteroatoms. The van der Waals surface area contributed by atoms with Gasteiger partial charge in [0.1, 0.15) is 5.75 Å². The molecule has 0 saturated carbocycles. The van der Waals surface area contributed by atoms with E-state index in [-0.39, 0.29) is 5.91 Å². The minimum absolute atomic E-state index is 0.200. The standard InChI is InChI=1S/C20H21NO4/c1-23-17-8-6-16(7-9-17)21-20(22)11-5-15-4-10-18-19(14-15)25-13-3-2-12-24-18/h4-11,14H,2-3,12-13H2,1H3,(H,21,22)/b11-5+. The van der Waals surface area contributed by atoms with Crippen LogP contribution in [-0.2, 0) is 4.79 Å². The fraction of sp³-hybridized carbons (Fsp3) is 0.250. The van der Waals surface area contributed by atoms with Crippen LogP contribution < -0.4 is 19.5 Å². The molecule has 1 aliphatic rings. The summed E-state index contributed by atoms with van der Waals surface area (Å²) in [4.78, 5) is 12.0. The smallest absolute Gasteiger partial charge is 0.248 e. The lowest BCUT2D eigenvalue weighted by atomic mass is 10.1. The zero-order valence-corrected chi connectivity index (χ0v) is 14.2. The molecule has 2 aromatic rings. The van der Waals surface area contributed by atoms with Crippen molar-refractivity contribution in [3.05, 3.63) is 54.1 Å². The molecule has 3 rings (SSSR count). The molecule has 1 amide bonds. The van der Waals surface area contributed by atoms with E-state index in [4.69, 9.17) is 14.2 Å². The Hall–Kier alpha value is -2.95. The molecule has 1 aliphatic heterocycles. The first-order valence-electron chi connectivity index (χ1n) is 8.27. The number of hydrogen-bond acceptors (Lipinski definition) is 4. The molecule has 0 fully saturated rings. The average Bonchev–Trinajstić information content (AvgIpc) is 2.61. The Morgan fingerprint density at radius 1 is 1.04 bits per heavy atom. The van der Waals surface area contributed by atoms with Crippen molar-refractivity contribution in [3.63, 3.8) is 0 Å². The molecule has 0 saturated heterocycles. The van der Waals surface area contributed by atoms with Crippen molar-refractivity contribution in [2.24, 2.45) is 0 Å². The second kappa shape index (κ2) is 8.24. The normalized spacial score (nSPS) is 13.8. The Bertz CT molecular complexity index is 753. The quantitative estimate of drug-likeness (QED) is 0.859. The third-order valence-corrected chi connectivity index (χ3v) is 3.81. The number of ether oxygens (including phenoxy) is 3. The van der Waals surface area contributed by atoms with Gasteiger partial charge in [-0.3, -0.25) is 4.79 Å². The van der Waals surface area contributed by atoms with Gasteiger partial charge < -0.3 is 19.5 Å². The van der Waals surface area contributed by atoms with Crippen molar-refractivity contribution in [1.82, 2.24) is 0 Å². The van der Waals surface area contributed by atoms with Crippen LogP contribution >= 0.6 is 0 Å². The van der Waals surface area contributed by atoms with Gasteiger partial charge in [0, 0.05) is 11.8 Å². The third-order valence-electron chi connectivity index (χ3n) is 3.81. The highest BCUT2D eigenvalue weighted by atomic mass is 16.5. The highest BCUT2D eigenvalue weighted by molar-refractivity contribution is 6.01. The van der Waals surface area contributed by atoms with Crippen molar-refractivity contribution < 1.29 is 19.0 Å². The van der Waals surface area contributed by atoms with E-state index in [1.807, 2.05) is 18.2 Å². The molecule has 130 valence electrons. The zero-order valence-electron chi connectivity index (χ0n) is 14.2. The van der Waals surface area contributed by atoms with E-state index in [0.29, 0.717) is 18.9 Å². The molecule has 0 aromatic heterocycles. The maximum atomic E-state index is 12.0. The van der Waals surface area contributed by atoms with E-state index in [9.17, 15) is 4.79 Å². The van der Waals surface area contributed by atoms with E-state index >= 15 is 0 Å². The van der Waals surface area contributed by atoms with Crippen LogP contribution in [0.1, 0.15) is 18.4 Å². The molecule has 1 N–H and O–H groups in total. The molecule has 0 spiro atoms. The number of hydrogen-bond donors (Lipinski definition) is 1. The van der Waals surface area contributed by atoms with Crippen molar-refractivity contribution in [3.8, 4) is 17.2 Å². The third kappa shape index (κ3) is 4.76. The van der Waals surface area contributed by atoms with Crippen molar-refractivity contribution >= 4 is 17.7 Å². The first kappa shape index (κ1) is 16.9. The van der Waals surface area contributed by atoms with Crippen molar-refractivity contribution in [2.75, 3.05) is 25.6 Å². The Kier molecular flexibility index (Phi) is 5.57. The van der Waals surface area contributed by atoms with Gasteiger partial charge in [-0.25, -0.2) is 0 Å². The van der Waals surface area contributed by atoms with E-state index in [2.05, 4.69) is 5.32 Å². The highest BCUT2D eigenvalue weighted by Crippen LogP contribution is 2.30. The summed E-state index contributed by atoms with van der Waals surface area (Å²) < 4.78 is 16.5. The molecule has 25 heavy (non-hydrogen) atoms. The number of benzene rings is 2. The Balaban J connectivity index is 1.64. The second-order valence-electron chi connectivity index (χ2n) is 5.66. The topological polar surface area (TPSA) is 56.8 Å². The van der Waals surface area contributed by atoms with Crippen LogP contribution in [-0.4, -0.2) is 26.2 Å². The lowest BCUT2D eigenvalue weighted by molar-refractivity contribution is -0.111. The number of anilines is 1. The Morgan fingerprint density at radius 3 is 2.48 bits per heavy atom. The monoisotopic (exact) mass is 339 g/mol. The maximum absolute atomic E-state index is 12.0. The number of rotatable bonds is 4. The molecule has 0 atom stereocenters. The van der Waals surface area contributed by atoms with Crippen molar-refractivity contribution in [1.29, 1.82) is 0 Å². The minimum Gasteiger partial charge on any atom is -0.497 e. The van der Waals surface area contributed by atoms with E-state index in [1.54, 1.807) is 37.5 Å². The van der Waals surface area contributed by atoms with Gasteiger partial charge in [-0.05, 0) is 60.9 Å². The van der Waals surface area contributed by atoms with Gasteiger partial charge in [0.05, 0.1) is 20.3 Å². The summed E-state index contributed by atoms with van der Waals surface area (Å²) >= 11 is 0. The van der Waals surface area contributed by atoms with Crippen LogP contribution in [0.15, 0.2) is 48.5 Å². The minimum atomic E-state index is -0.200. The van der Waals surface area contributed by atoms with Gasteiger partial charge in [-0.15, -0.1) is 0 Å². The molecule has 5 nitrogen and oxygen atoms in total. The van der Waals surface area contributed by atoms with Crippen LogP contribution in [0.25, 0.3) is 6.08 Å². The number of methoxy groups -OCH3 is 1. The SMILES string of the molecule is COc1ccc(NC(=O)/C=C/c2ccc3c(c2)OCCCCO3)cc1. The van der Waals surface area contributed by atoms with Crippen LogP contribution in [0.5, 0.6) is 17.2 Å². The molecule has 1 heterocycles. The van der Waals surface area contributed by atoms with Gasteiger partial charge in [0.2, 0.25) is 5.91 Å². The number of nitrogens with one attached hydrogen (secondary N) is 1. The second-order valence-corrected chi connectivity index (χ2v) is 5.66. The van der Waals surface area contributed by atoms with Crippen molar-refractivity contribution in [2.45, 2.75) is 12.8 Å². The Labute approximate surface area is 147 Å². The molecular weight excluding hydrogens is 318 g/mol. The highest BCUT2D eigenvalue weighted by Gasteiger charge is 2.09. The lowest BCUT2D eigenvalue weighted by Crippen LogP contribution is -2.08. The summed E-state index contributed by atoms with van der Waals surface area (Å²) in [5.41, 5.74) is 1.60. The van der Waals surface area contributed by atoms with Crippen LogP contribution in [0.2, 0.25) is 0 Å². The summed E-state index contributed by atoms with van der Waals surface area (Å²) in [5, 5.41) is 2.81. The largest absolute Gasteiger partial charge is 0.497 e. The average molecular weight is 339 g/mol. The molecule has 0 radical (unpaired) electrons. The summed E-state index contributed by atoms with van der Waals surface area (Å²) in [6.07, 6.45) is 5.22. The van der Waals surface area contributed by atoms with Crippen LogP contribution in [0.3, 0.4) is 0 Å². The predicted octanol–water partition coefficient (Wildman–Crippen LogP) is 3.90. The predicted molar refractivity (Wildman–Crippen MR) is 97.3 cm³/mol. The fourth-order valence-corrected chi connectivity index (χ4v) is 2.46. The summed E-state index contributed by atoms with van der Waals surface area (Å²) in [6, 6.07) is 12.8. The van der Waals surface area contributed by atoms with Crippen LogP contribution in [0, 0.1) is 0 Å². The first-order chi connectivity index (χ1) is 12.2. The van der Waals surface area contributed by atoms with E-state index in [0.717, 1.165) is 35.7 Å². The molecule has 0 aliphatic carbocycles. The fourth-order valence-electron chi connectivity index (χ4n) is 2.46. The van der Waals surface area contributed by atoms with Gasteiger partial charge >= 0.3 is 0 Å². The van der Waals surface area contributed by atoms with E-state index < -0.39 is 0 Å². The summed E-state index contributed by atoms with van der Waals surface area (Å²) in [7, 11) is 1.60. The molecular formula is C20H21NO4. The van der Waals surface area contributed by atoms with Gasteiger partial charge in [0.25, 0.3) is 0 Å². The molecule has 2 aromatic carbocycles. The number of carbonyl (C=O) groups is 1. The lowest BCUT2D eigenvalue weighted by Gasteiger charge is -2.16. The molecule has 0 bridgehead atoms. The molecule has 0 unspecified atom stereocenters. The summed E-state index contributed by atoms with van der Waals surface area (Å²) in [5.74, 6) is 2.02. The zero-order chi connectivity index (χ0) is 17.5. The Morgan fingerprint density at radius 2 is 1.76 bits per heavy atom. The van der Waals surface area contributed by atoms with Crippen LogP contribution in [0.4, 0.5) is 5.69 Å². The van der Waals surface area contributed by atoms with Gasteiger partial charge in [0.15, 0.2) is 11.5 Å². The number of fused-ring (bicyclic) bond motifs is 1. The number of amides is 1. The van der Waals surface area contributed by atoms with E-state index in [1.165, 1.54) is 6.08 Å².